The van der Waals surface area contributed by atoms with E-state index in [4.69, 9.17) is 0 Å². The summed E-state index contributed by atoms with van der Waals surface area (Å²) in [6, 6.07) is 8.80. The fourth-order valence-corrected chi connectivity index (χ4v) is 3.23. The zero-order valence-corrected chi connectivity index (χ0v) is 10.8. The van der Waals surface area contributed by atoms with Crippen LogP contribution in [0.15, 0.2) is 24.3 Å². The van der Waals surface area contributed by atoms with Gasteiger partial charge in [0.1, 0.15) is 7.05 Å². The molecule has 2 aromatic rings. The van der Waals surface area contributed by atoms with Gasteiger partial charge >= 0.3 is 0 Å². The molecule has 0 atom stereocenters. The maximum atomic E-state index is 2.42. The van der Waals surface area contributed by atoms with Gasteiger partial charge in [0.25, 0.3) is 0 Å². The highest BCUT2D eigenvalue weighted by atomic mass is 14.9. The molecule has 1 heteroatoms. The highest BCUT2D eigenvalue weighted by Gasteiger charge is 2.22. The summed E-state index contributed by atoms with van der Waals surface area (Å²) in [5.41, 5.74) is 6.07. The van der Waals surface area contributed by atoms with Gasteiger partial charge in [0.05, 0.1) is 0 Å². The van der Waals surface area contributed by atoms with Crippen LogP contribution in [0.5, 0.6) is 0 Å². The Morgan fingerprint density at radius 1 is 1.00 bits per heavy atom. The number of hydrogen-bond acceptors (Lipinski definition) is 0. The second-order valence-corrected chi connectivity index (χ2v) is 5.19. The molecule has 0 saturated carbocycles. The average Bonchev–Trinajstić information content (AvgIpc) is 2.62. The highest BCUT2D eigenvalue weighted by Crippen LogP contribution is 2.26. The molecule has 88 valence electrons. The van der Waals surface area contributed by atoms with Gasteiger partial charge < -0.3 is 0 Å². The number of pyridine rings is 1. The predicted molar refractivity (Wildman–Crippen MR) is 71.1 cm³/mol. The monoisotopic (exact) mass is 226 g/mol. The fraction of sp³-hybridized carbons (Fsp3) is 0.438. The van der Waals surface area contributed by atoms with Crippen molar-refractivity contribution in [2.24, 2.45) is 7.05 Å². The van der Waals surface area contributed by atoms with E-state index in [0.29, 0.717) is 0 Å². The lowest BCUT2D eigenvalue weighted by molar-refractivity contribution is -0.653. The molecule has 1 aliphatic carbocycles. The topological polar surface area (TPSA) is 3.88 Å². The van der Waals surface area contributed by atoms with Gasteiger partial charge in [-0.15, -0.1) is 0 Å². The van der Waals surface area contributed by atoms with Gasteiger partial charge in [-0.25, -0.2) is 0 Å². The third-order valence-electron chi connectivity index (χ3n) is 4.22. The fourth-order valence-electron chi connectivity index (χ4n) is 3.23. The molecule has 3 rings (SSSR count). The number of aryl methyl sites for hydroxylation is 2. The van der Waals surface area contributed by atoms with Crippen molar-refractivity contribution in [2.75, 3.05) is 0 Å². The number of hydrogen-bond donors (Lipinski definition) is 0. The van der Waals surface area contributed by atoms with Crippen LogP contribution >= 0.6 is 0 Å². The van der Waals surface area contributed by atoms with E-state index >= 15 is 0 Å². The van der Waals surface area contributed by atoms with Crippen molar-refractivity contribution in [1.82, 2.24) is 0 Å². The summed E-state index contributed by atoms with van der Waals surface area (Å²) in [6.45, 7) is 2.30. The number of nitrogens with zero attached hydrogens (tertiary/aromatic N) is 1. The number of benzene rings is 1. The minimum Gasteiger partial charge on any atom is -0.198 e. The molecule has 1 aliphatic rings. The molecule has 0 saturated heterocycles. The van der Waals surface area contributed by atoms with Gasteiger partial charge in [-0.05, 0) is 37.8 Å². The van der Waals surface area contributed by atoms with Crippen molar-refractivity contribution in [2.45, 2.75) is 39.0 Å². The summed E-state index contributed by atoms with van der Waals surface area (Å²) >= 11 is 0. The summed E-state index contributed by atoms with van der Waals surface area (Å²) in [6.07, 6.45) is 6.59. The van der Waals surface area contributed by atoms with Crippen LogP contribution in [0.1, 0.15) is 36.1 Å². The number of fused-ring (bicyclic) bond motifs is 2. The molecule has 0 radical (unpaired) electrons. The van der Waals surface area contributed by atoms with E-state index < -0.39 is 0 Å². The first-order valence-electron chi connectivity index (χ1n) is 6.68. The van der Waals surface area contributed by atoms with Crippen molar-refractivity contribution >= 4 is 10.9 Å². The Morgan fingerprint density at radius 2 is 1.76 bits per heavy atom. The maximum absolute atomic E-state index is 2.42. The standard InChI is InChI=1S/C16H20N/c1-12-13-8-4-3-5-10-15(13)17(2)16-11-7-6-9-14(12)16/h6-7,9,11H,3-5,8,10H2,1-2H3/q+1. The Balaban J connectivity index is 2.38. The largest absolute Gasteiger partial charge is 0.212 e. The molecule has 1 nitrogen and oxygen atoms in total. The van der Waals surface area contributed by atoms with Crippen molar-refractivity contribution < 1.29 is 4.57 Å². The maximum Gasteiger partial charge on any atom is 0.212 e. The van der Waals surface area contributed by atoms with E-state index in [1.165, 1.54) is 48.6 Å². The van der Waals surface area contributed by atoms with E-state index in [0.717, 1.165) is 0 Å². The first kappa shape index (κ1) is 10.8. The summed E-state index contributed by atoms with van der Waals surface area (Å²) in [5, 5.41) is 1.43. The second kappa shape index (κ2) is 4.14. The molecular weight excluding hydrogens is 206 g/mol. The van der Waals surface area contributed by atoms with Gasteiger partial charge in [0, 0.05) is 23.4 Å². The van der Waals surface area contributed by atoms with Gasteiger partial charge in [-0.1, -0.05) is 18.6 Å². The predicted octanol–water partition coefficient (Wildman–Crippen LogP) is 3.24. The summed E-state index contributed by atoms with van der Waals surface area (Å²) in [7, 11) is 2.23. The van der Waals surface area contributed by atoms with Crippen LogP contribution in [-0.2, 0) is 19.9 Å². The minimum absolute atomic E-state index is 1.25. The van der Waals surface area contributed by atoms with Crippen LogP contribution in [0.4, 0.5) is 0 Å². The SMILES string of the molecule is Cc1c2c([n+](C)c3ccccc13)CCCCC2. The molecule has 0 spiro atoms. The average molecular weight is 226 g/mol. The normalized spacial score (nSPS) is 15.6. The van der Waals surface area contributed by atoms with E-state index in [2.05, 4.69) is 42.8 Å². The third kappa shape index (κ3) is 1.65. The molecular formula is C16H20N+. The van der Waals surface area contributed by atoms with Gasteiger partial charge in [0.2, 0.25) is 5.52 Å². The lowest BCUT2D eigenvalue weighted by Gasteiger charge is -2.11. The molecule has 1 heterocycles. The zero-order valence-electron chi connectivity index (χ0n) is 10.8. The number of para-hydroxylation sites is 1. The highest BCUT2D eigenvalue weighted by molar-refractivity contribution is 5.80. The molecule has 0 bridgehead atoms. The van der Waals surface area contributed by atoms with Crippen LogP contribution < -0.4 is 4.57 Å². The van der Waals surface area contributed by atoms with Crippen molar-refractivity contribution in [1.29, 1.82) is 0 Å². The first-order chi connectivity index (χ1) is 8.29. The van der Waals surface area contributed by atoms with Crippen LogP contribution in [0, 0.1) is 6.92 Å². The summed E-state index contributed by atoms with van der Waals surface area (Å²) < 4.78 is 2.42. The molecule has 0 fully saturated rings. The molecule has 17 heavy (non-hydrogen) atoms. The van der Waals surface area contributed by atoms with Crippen LogP contribution in [0.3, 0.4) is 0 Å². The van der Waals surface area contributed by atoms with Crippen LogP contribution in [0.25, 0.3) is 10.9 Å². The molecule has 1 aromatic heterocycles. The smallest absolute Gasteiger partial charge is 0.198 e. The van der Waals surface area contributed by atoms with Crippen LogP contribution in [-0.4, -0.2) is 0 Å². The molecule has 0 aliphatic heterocycles. The quantitative estimate of drug-likeness (QED) is 0.479. The second-order valence-electron chi connectivity index (χ2n) is 5.19. The van der Waals surface area contributed by atoms with Crippen molar-refractivity contribution in [3.05, 3.63) is 41.1 Å². The lowest BCUT2D eigenvalue weighted by Crippen LogP contribution is -2.36. The Bertz CT molecular complexity index is 519. The first-order valence-corrected chi connectivity index (χ1v) is 6.68. The number of rotatable bonds is 0. The Morgan fingerprint density at radius 3 is 2.65 bits per heavy atom. The molecule has 1 aromatic carbocycles. The third-order valence-corrected chi connectivity index (χ3v) is 4.22. The molecule has 0 N–H and O–H groups in total. The van der Waals surface area contributed by atoms with Crippen LogP contribution in [0.2, 0.25) is 0 Å². The van der Waals surface area contributed by atoms with Gasteiger partial charge in [0.15, 0.2) is 5.69 Å². The Labute approximate surface area is 103 Å². The van der Waals surface area contributed by atoms with E-state index in [-0.39, 0.29) is 0 Å². The van der Waals surface area contributed by atoms with E-state index in [9.17, 15) is 0 Å². The summed E-state index contributed by atoms with van der Waals surface area (Å²) in [5.74, 6) is 0. The molecule has 0 unspecified atom stereocenters. The Kier molecular flexibility index (Phi) is 2.62. The van der Waals surface area contributed by atoms with Crippen molar-refractivity contribution in [3.8, 4) is 0 Å². The minimum atomic E-state index is 1.25. The van der Waals surface area contributed by atoms with E-state index in [1.807, 2.05) is 0 Å². The Hall–Kier alpha value is -1.37. The van der Waals surface area contributed by atoms with Crippen molar-refractivity contribution in [3.63, 3.8) is 0 Å². The number of aromatic nitrogens is 1. The lowest BCUT2D eigenvalue weighted by atomic mass is 9.98. The van der Waals surface area contributed by atoms with E-state index in [1.54, 1.807) is 11.3 Å². The van der Waals surface area contributed by atoms with Gasteiger partial charge in [-0.2, -0.15) is 4.57 Å². The summed E-state index contributed by atoms with van der Waals surface area (Å²) in [4.78, 5) is 0. The molecule has 0 amide bonds. The zero-order chi connectivity index (χ0) is 11.8. The van der Waals surface area contributed by atoms with Gasteiger partial charge in [-0.3, -0.25) is 0 Å².